The first kappa shape index (κ1) is 13.3. The van der Waals surface area contributed by atoms with E-state index in [0.717, 1.165) is 23.6 Å². The summed E-state index contributed by atoms with van der Waals surface area (Å²) in [5.74, 6) is 0. The van der Waals surface area contributed by atoms with Crippen LogP contribution >= 0.6 is 11.3 Å². The summed E-state index contributed by atoms with van der Waals surface area (Å²) in [4.78, 5) is 10.5. The van der Waals surface area contributed by atoms with Crippen molar-refractivity contribution in [3.63, 3.8) is 0 Å². The van der Waals surface area contributed by atoms with E-state index >= 15 is 0 Å². The van der Waals surface area contributed by atoms with E-state index in [1.165, 1.54) is 26.3 Å². The van der Waals surface area contributed by atoms with Crippen molar-refractivity contribution in [1.82, 2.24) is 14.5 Å². The van der Waals surface area contributed by atoms with Crippen LogP contribution < -0.4 is 4.57 Å². The summed E-state index contributed by atoms with van der Waals surface area (Å²) < 4.78 is 4.66. The predicted octanol–water partition coefficient (Wildman–Crippen LogP) is 3.95. The van der Waals surface area contributed by atoms with Gasteiger partial charge in [0, 0.05) is 18.1 Å². The molecule has 0 spiro atoms. The zero-order valence-electron chi connectivity index (χ0n) is 13.3. The lowest BCUT2D eigenvalue weighted by Crippen LogP contribution is -2.30. The van der Waals surface area contributed by atoms with Crippen LogP contribution in [0.3, 0.4) is 0 Å². The first-order chi connectivity index (χ1) is 12.4. The van der Waals surface area contributed by atoms with Crippen LogP contribution in [-0.4, -0.2) is 14.5 Å². The second-order valence-electron chi connectivity index (χ2n) is 6.19. The Morgan fingerprint density at radius 1 is 0.920 bits per heavy atom. The molecule has 25 heavy (non-hydrogen) atoms. The van der Waals surface area contributed by atoms with Crippen molar-refractivity contribution in [2.75, 3.05) is 0 Å². The molecule has 1 aromatic carbocycles. The van der Waals surface area contributed by atoms with Gasteiger partial charge < -0.3 is 0 Å². The molecular formula is C20H13N4S+. The molecule has 0 aliphatic carbocycles. The molecule has 5 heterocycles. The van der Waals surface area contributed by atoms with Crippen molar-refractivity contribution in [3.8, 4) is 16.3 Å². The Bertz CT molecular complexity index is 1270. The number of hydrogen-bond donors (Lipinski definition) is 0. The number of fused-ring (bicyclic) bond motifs is 7. The van der Waals surface area contributed by atoms with E-state index in [9.17, 15) is 0 Å². The number of thiazole rings is 1. The first-order valence-electron chi connectivity index (χ1n) is 8.23. The predicted molar refractivity (Wildman–Crippen MR) is 99.0 cm³/mol. The van der Waals surface area contributed by atoms with Gasteiger partial charge in [-0.1, -0.05) is 18.2 Å². The zero-order valence-corrected chi connectivity index (χ0v) is 14.1. The van der Waals surface area contributed by atoms with E-state index in [4.69, 9.17) is 0 Å². The summed E-state index contributed by atoms with van der Waals surface area (Å²) >= 11 is 1.82. The molecule has 6 rings (SSSR count). The van der Waals surface area contributed by atoms with Crippen LogP contribution in [0.25, 0.3) is 37.6 Å². The number of rotatable bonds is 1. The normalized spacial score (nSPS) is 12.6. The van der Waals surface area contributed by atoms with Gasteiger partial charge in [0.05, 0.1) is 10.9 Å². The Morgan fingerprint density at radius 2 is 1.76 bits per heavy atom. The molecule has 1 aliphatic rings. The minimum absolute atomic E-state index is 0.828. The van der Waals surface area contributed by atoms with Crippen LogP contribution in [0.4, 0.5) is 0 Å². The maximum absolute atomic E-state index is 4.68. The minimum Gasteiger partial charge on any atom is -0.280 e. The lowest BCUT2D eigenvalue weighted by Gasteiger charge is -2.03. The van der Waals surface area contributed by atoms with Gasteiger partial charge in [0.25, 0.3) is 10.5 Å². The van der Waals surface area contributed by atoms with E-state index < -0.39 is 0 Å². The minimum atomic E-state index is 0.828. The summed E-state index contributed by atoms with van der Waals surface area (Å²) in [6.45, 7) is 0.828. The second-order valence-corrected chi connectivity index (χ2v) is 7.17. The van der Waals surface area contributed by atoms with Crippen molar-refractivity contribution in [2.24, 2.45) is 0 Å². The number of para-hydroxylation sites is 1. The quantitative estimate of drug-likeness (QED) is 0.424. The Hall–Kier alpha value is -3.05. The number of hydrogen-bond acceptors (Lipinski definition) is 3. The highest BCUT2D eigenvalue weighted by atomic mass is 32.1. The molecule has 0 saturated carbocycles. The van der Waals surface area contributed by atoms with E-state index in [1.54, 1.807) is 0 Å². The SMILES string of the molecule is c1ccc(-n2c3ncccc3c3c2sc2[n+]3Cc3ncccc3-2)cc1. The topological polar surface area (TPSA) is 34.6 Å². The molecule has 0 saturated heterocycles. The van der Waals surface area contributed by atoms with E-state index in [1.807, 2.05) is 41.9 Å². The summed E-state index contributed by atoms with van der Waals surface area (Å²) in [5.41, 5.74) is 5.81. The Balaban J connectivity index is 1.78. The third-order valence-corrected chi connectivity index (χ3v) is 6.01. The van der Waals surface area contributed by atoms with Gasteiger partial charge in [-0.25, -0.2) is 4.98 Å². The molecule has 5 heteroatoms. The fourth-order valence-corrected chi connectivity index (χ4v) is 5.10. The molecule has 0 unspecified atom stereocenters. The molecule has 118 valence electrons. The van der Waals surface area contributed by atoms with Crippen molar-refractivity contribution in [1.29, 1.82) is 0 Å². The molecule has 4 nitrogen and oxygen atoms in total. The van der Waals surface area contributed by atoms with E-state index in [-0.39, 0.29) is 0 Å². The molecule has 0 bridgehead atoms. The van der Waals surface area contributed by atoms with Crippen molar-refractivity contribution >= 4 is 32.7 Å². The molecule has 0 radical (unpaired) electrons. The maximum Gasteiger partial charge on any atom is 0.274 e. The molecule has 1 aliphatic heterocycles. The van der Waals surface area contributed by atoms with Gasteiger partial charge in [0.2, 0.25) is 0 Å². The largest absolute Gasteiger partial charge is 0.280 e. The van der Waals surface area contributed by atoms with Gasteiger partial charge in [-0.2, -0.15) is 4.57 Å². The standard InChI is InChI=1S/C20H13N4S/c1-2-6-13(7-3-1)24-18-15(9-5-11-22-18)17-20(24)25-19-14-8-4-10-21-16(14)12-23(17)19/h1-11H,12H2/q+1. The average Bonchev–Trinajstić information content (AvgIpc) is 3.29. The first-order valence-corrected chi connectivity index (χ1v) is 9.05. The van der Waals surface area contributed by atoms with Gasteiger partial charge in [-0.3, -0.25) is 9.55 Å². The average molecular weight is 341 g/mol. The zero-order chi connectivity index (χ0) is 16.4. The Labute approximate surface area is 147 Å². The summed E-state index contributed by atoms with van der Waals surface area (Å²) in [6.07, 6.45) is 3.74. The highest BCUT2D eigenvalue weighted by molar-refractivity contribution is 7.21. The van der Waals surface area contributed by atoms with Crippen LogP contribution in [0.2, 0.25) is 0 Å². The molecule has 0 amide bonds. The van der Waals surface area contributed by atoms with Gasteiger partial charge in [-0.15, -0.1) is 0 Å². The van der Waals surface area contributed by atoms with Crippen LogP contribution in [-0.2, 0) is 6.54 Å². The summed E-state index contributed by atoms with van der Waals surface area (Å²) in [6, 6.07) is 18.8. The highest BCUT2D eigenvalue weighted by Crippen LogP contribution is 2.39. The lowest BCUT2D eigenvalue weighted by atomic mass is 10.2. The van der Waals surface area contributed by atoms with Crippen molar-refractivity contribution < 1.29 is 4.57 Å². The maximum atomic E-state index is 4.68. The molecule has 0 N–H and O–H groups in total. The highest BCUT2D eigenvalue weighted by Gasteiger charge is 2.36. The number of aromatic nitrogens is 4. The van der Waals surface area contributed by atoms with E-state index in [2.05, 4.69) is 55.5 Å². The van der Waals surface area contributed by atoms with Gasteiger partial charge in [0.1, 0.15) is 5.69 Å². The fourth-order valence-electron chi connectivity index (χ4n) is 3.76. The monoisotopic (exact) mass is 341 g/mol. The van der Waals surface area contributed by atoms with Crippen molar-refractivity contribution in [3.05, 3.63) is 72.7 Å². The van der Waals surface area contributed by atoms with Gasteiger partial charge in [0.15, 0.2) is 17.0 Å². The number of benzene rings is 1. The van der Waals surface area contributed by atoms with Crippen LogP contribution in [0.15, 0.2) is 67.0 Å². The molecule has 4 aromatic heterocycles. The second kappa shape index (κ2) is 4.74. The molecule has 5 aromatic rings. The van der Waals surface area contributed by atoms with Crippen LogP contribution in [0.5, 0.6) is 0 Å². The summed E-state index contributed by atoms with van der Waals surface area (Å²) in [7, 11) is 0. The smallest absolute Gasteiger partial charge is 0.274 e. The lowest BCUT2D eigenvalue weighted by molar-refractivity contribution is -0.641. The number of pyridine rings is 2. The third-order valence-electron chi connectivity index (χ3n) is 4.81. The van der Waals surface area contributed by atoms with Crippen molar-refractivity contribution in [2.45, 2.75) is 6.54 Å². The molecule has 0 atom stereocenters. The third kappa shape index (κ3) is 1.68. The van der Waals surface area contributed by atoms with Crippen LogP contribution in [0.1, 0.15) is 5.69 Å². The van der Waals surface area contributed by atoms with Gasteiger partial charge in [-0.05, 0) is 47.7 Å². The molecular weight excluding hydrogens is 328 g/mol. The Kier molecular flexibility index (Phi) is 2.51. The Morgan fingerprint density at radius 3 is 2.68 bits per heavy atom. The fraction of sp³-hybridized carbons (Fsp3) is 0.0500. The number of nitrogens with zero attached hydrogens (tertiary/aromatic N) is 4. The van der Waals surface area contributed by atoms with E-state index in [0.29, 0.717) is 0 Å². The summed E-state index contributed by atoms with van der Waals surface area (Å²) in [5, 5.41) is 2.47. The van der Waals surface area contributed by atoms with Gasteiger partial charge >= 0.3 is 0 Å². The molecule has 0 fully saturated rings. The van der Waals surface area contributed by atoms with Crippen LogP contribution in [0, 0.1) is 0 Å².